The smallest absolute Gasteiger partial charge is 0.251 e. The van der Waals surface area contributed by atoms with Gasteiger partial charge in [0.1, 0.15) is 11.5 Å². The van der Waals surface area contributed by atoms with Crippen LogP contribution in [-0.4, -0.2) is 72.3 Å². The fraction of sp³-hybridized carbons (Fsp3) is 0.476. The number of carbonyl (C=O) groups is 1. The molecule has 0 bridgehead atoms. The van der Waals surface area contributed by atoms with Crippen LogP contribution in [0.1, 0.15) is 27.9 Å². The van der Waals surface area contributed by atoms with Crippen molar-refractivity contribution in [3.8, 4) is 0 Å². The van der Waals surface area contributed by atoms with E-state index in [0.29, 0.717) is 19.8 Å². The molecule has 2 aromatic rings. The lowest BCUT2D eigenvalue weighted by Gasteiger charge is -2.33. The fourth-order valence-corrected chi connectivity index (χ4v) is 4.45. The number of sulfonamides is 1. The number of benzene rings is 1. The first-order valence-electron chi connectivity index (χ1n) is 10.2. The van der Waals surface area contributed by atoms with E-state index in [0.717, 1.165) is 24.6 Å². The molecule has 0 spiro atoms. The van der Waals surface area contributed by atoms with E-state index in [1.54, 1.807) is 12.1 Å². The molecule has 1 unspecified atom stereocenters. The molecule has 0 aliphatic carbocycles. The summed E-state index contributed by atoms with van der Waals surface area (Å²) in [6.07, 6.45) is 0. The second kappa shape index (κ2) is 10.9. The normalized spacial score (nSPS) is 16.2. The van der Waals surface area contributed by atoms with Gasteiger partial charge in [0.05, 0.1) is 30.8 Å². The first-order valence-corrected chi connectivity index (χ1v) is 11.6. The number of aryl methyl sites for hydroxylation is 1. The third-order valence-electron chi connectivity index (χ3n) is 5.04. The van der Waals surface area contributed by atoms with Gasteiger partial charge in [0, 0.05) is 38.9 Å². The average molecular weight is 452 g/mol. The van der Waals surface area contributed by atoms with Crippen LogP contribution in [-0.2, 0) is 19.5 Å². The Balaban J connectivity index is 1.69. The summed E-state index contributed by atoms with van der Waals surface area (Å²) in [6, 6.07) is 9.64. The average Bonchev–Trinajstić information content (AvgIpc) is 3.20. The summed E-state index contributed by atoms with van der Waals surface area (Å²) in [5.74, 6) is 1.23. The highest BCUT2D eigenvalue weighted by atomic mass is 32.2. The number of nitrogens with zero attached hydrogens (tertiary/aromatic N) is 1. The molecule has 170 valence electrons. The van der Waals surface area contributed by atoms with Crippen LogP contribution < -0.4 is 10.0 Å². The number of ether oxygens (including phenoxy) is 2. The van der Waals surface area contributed by atoms with Gasteiger partial charge < -0.3 is 19.2 Å². The molecule has 0 radical (unpaired) electrons. The van der Waals surface area contributed by atoms with Gasteiger partial charge in [-0.2, -0.15) is 0 Å². The lowest BCUT2D eigenvalue weighted by atomic mass is 10.1. The summed E-state index contributed by atoms with van der Waals surface area (Å²) in [4.78, 5) is 15.0. The minimum Gasteiger partial charge on any atom is -0.465 e. The van der Waals surface area contributed by atoms with Crippen LogP contribution in [0.15, 0.2) is 45.7 Å². The van der Waals surface area contributed by atoms with E-state index in [1.165, 1.54) is 19.2 Å². The minimum absolute atomic E-state index is 0.0302. The zero-order valence-corrected chi connectivity index (χ0v) is 18.6. The molecule has 3 rings (SSSR count). The number of morpholine rings is 1. The van der Waals surface area contributed by atoms with E-state index >= 15 is 0 Å². The van der Waals surface area contributed by atoms with Gasteiger partial charge in [-0.25, -0.2) is 13.1 Å². The second-order valence-corrected chi connectivity index (χ2v) is 9.01. The standard InChI is InChI=1S/C21H29N3O6S/c1-16-6-7-20(30-16)19(24-9-12-29-13-10-24)15-22-21(25)17-4-3-5-18(14-17)31(26,27)23-8-11-28-2/h3-7,14,19,23H,8-13,15H2,1-2H3,(H,22,25). The molecular formula is C21H29N3O6S. The lowest BCUT2D eigenvalue weighted by molar-refractivity contribution is 0.0117. The molecule has 1 saturated heterocycles. The molecule has 1 atom stereocenters. The van der Waals surface area contributed by atoms with Crippen LogP contribution in [0, 0.1) is 6.92 Å². The van der Waals surface area contributed by atoms with E-state index < -0.39 is 10.0 Å². The van der Waals surface area contributed by atoms with Gasteiger partial charge in [-0.15, -0.1) is 0 Å². The van der Waals surface area contributed by atoms with Crippen molar-refractivity contribution in [3.63, 3.8) is 0 Å². The molecular weight excluding hydrogens is 422 g/mol. The van der Waals surface area contributed by atoms with Crippen molar-refractivity contribution >= 4 is 15.9 Å². The zero-order chi connectivity index (χ0) is 22.3. The predicted octanol–water partition coefficient (Wildman–Crippen LogP) is 1.32. The summed E-state index contributed by atoms with van der Waals surface area (Å²) in [5, 5.41) is 2.92. The van der Waals surface area contributed by atoms with Gasteiger partial charge >= 0.3 is 0 Å². The highest BCUT2D eigenvalue weighted by molar-refractivity contribution is 7.89. The van der Waals surface area contributed by atoms with Gasteiger partial charge in [0.25, 0.3) is 5.91 Å². The monoisotopic (exact) mass is 451 g/mol. The maximum absolute atomic E-state index is 12.8. The Kier molecular flexibility index (Phi) is 8.22. The van der Waals surface area contributed by atoms with Gasteiger partial charge in [-0.1, -0.05) is 6.07 Å². The Morgan fingerprint density at radius 3 is 2.68 bits per heavy atom. The molecule has 2 heterocycles. The Bertz CT molecular complexity index is 969. The van der Waals surface area contributed by atoms with E-state index in [2.05, 4.69) is 14.9 Å². The molecule has 1 aliphatic rings. The number of furan rings is 1. The topological polar surface area (TPSA) is 110 Å². The molecule has 2 N–H and O–H groups in total. The molecule has 1 fully saturated rings. The number of amides is 1. The summed E-state index contributed by atoms with van der Waals surface area (Å²) >= 11 is 0. The van der Waals surface area contributed by atoms with Crippen molar-refractivity contribution in [2.75, 3.05) is 53.1 Å². The molecule has 31 heavy (non-hydrogen) atoms. The van der Waals surface area contributed by atoms with Crippen molar-refractivity contribution in [1.29, 1.82) is 0 Å². The number of rotatable bonds is 10. The fourth-order valence-electron chi connectivity index (χ4n) is 3.39. The number of nitrogens with one attached hydrogen (secondary N) is 2. The highest BCUT2D eigenvalue weighted by Gasteiger charge is 2.26. The quantitative estimate of drug-likeness (QED) is 0.524. The maximum Gasteiger partial charge on any atom is 0.251 e. The van der Waals surface area contributed by atoms with Crippen molar-refractivity contribution in [2.45, 2.75) is 17.9 Å². The number of hydrogen-bond acceptors (Lipinski definition) is 7. The Morgan fingerprint density at radius 2 is 2.00 bits per heavy atom. The zero-order valence-electron chi connectivity index (χ0n) is 17.8. The van der Waals surface area contributed by atoms with Crippen molar-refractivity contribution < 1.29 is 27.1 Å². The van der Waals surface area contributed by atoms with E-state index in [-0.39, 0.29) is 35.6 Å². The molecule has 1 aromatic carbocycles. The van der Waals surface area contributed by atoms with Crippen LogP contribution in [0.5, 0.6) is 0 Å². The third kappa shape index (κ3) is 6.37. The second-order valence-electron chi connectivity index (χ2n) is 7.24. The molecule has 10 heteroatoms. The van der Waals surface area contributed by atoms with Gasteiger partial charge in [-0.05, 0) is 37.3 Å². The Labute approximate surface area is 182 Å². The number of methoxy groups -OCH3 is 1. The van der Waals surface area contributed by atoms with Gasteiger partial charge in [0.15, 0.2) is 0 Å². The maximum atomic E-state index is 12.8. The molecule has 9 nitrogen and oxygen atoms in total. The molecule has 1 amide bonds. The van der Waals surface area contributed by atoms with Crippen LogP contribution in [0.4, 0.5) is 0 Å². The number of hydrogen-bond donors (Lipinski definition) is 2. The third-order valence-corrected chi connectivity index (χ3v) is 6.50. The van der Waals surface area contributed by atoms with Gasteiger partial charge in [0.2, 0.25) is 10.0 Å². The van der Waals surface area contributed by atoms with E-state index in [1.807, 2.05) is 19.1 Å². The minimum atomic E-state index is -3.72. The first kappa shape index (κ1) is 23.4. The molecule has 1 aromatic heterocycles. The largest absolute Gasteiger partial charge is 0.465 e. The van der Waals surface area contributed by atoms with Crippen LogP contribution >= 0.6 is 0 Å². The van der Waals surface area contributed by atoms with Crippen LogP contribution in [0.3, 0.4) is 0 Å². The summed E-state index contributed by atoms with van der Waals surface area (Å²) in [6.45, 7) is 5.34. The highest BCUT2D eigenvalue weighted by Crippen LogP contribution is 2.23. The van der Waals surface area contributed by atoms with Crippen molar-refractivity contribution in [2.24, 2.45) is 0 Å². The summed E-state index contributed by atoms with van der Waals surface area (Å²) in [7, 11) is -2.23. The van der Waals surface area contributed by atoms with E-state index in [4.69, 9.17) is 13.9 Å². The Hall–Kier alpha value is -2.24. The van der Waals surface area contributed by atoms with Crippen molar-refractivity contribution in [1.82, 2.24) is 14.9 Å². The molecule has 1 aliphatic heterocycles. The van der Waals surface area contributed by atoms with Crippen LogP contribution in [0.2, 0.25) is 0 Å². The predicted molar refractivity (Wildman–Crippen MR) is 114 cm³/mol. The summed E-state index contributed by atoms with van der Waals surface area (Å²) in [5.41, 5.74) is 0.269. The van der Waals surface area contributed by atoms with E-state index in [9.17, 15) is 13.2 Å². The van der Waals surface area contributed by atoms with Crippen molar-refractivity contribution in [3.05, 3.63) is 53.5 Å². The summed E-state index contributed by atoms with van der Waals surface area (Å²) < 4.78 is 43.4. The first-order chi connectivity index (χ1) is 14.9. The SMILES string of the molecule is COCCNS(=O)(=O)c1cccc(C(=O)NCC(c2ccc(C)o2)N2CCOCC2)c1. The lowest BCUT2D eigenvalue weighted by Crippen LogP contribution is -2.43. The van der Waals surface area contributed by atoms with Gasteiger partial charge in [-0.3, -0.25) is 9.69 Å². The van der Waals surface area contributed by atoms with Crippen LogP contribution in [0.25, 0.3) is 0 Å². The molecule has 0 saturated carbocycles. The Morgan fingerprint density at radius 1 is 1.23 bits per heavy atom. The number of carbonyl (C=O) groups excluding carboxylic acids is 1.